The van der Waals surface area contributed by atoms with Gasteiger partial charge in [-0.25, -0.2) is 0 Å². The van der Waals surface area contributed by atoms with E-state index in [0.29, 0.717) is 18.9 Å². The van der Waals surface area contributed by atoms with E-state index in [2.05, 4.69) is 17.3 Å². The molecule has 0 radical (unpaired) electrons. The maximum Gasteiger partial charge on any atom is 0.220 e. The average Bonchev–Trinajstić information content (AvgIpc) is 2.21. The second-order valence-corrected chi connectivity index (χ2v) is 4.87. The molecule has 1 N–H and O–H groups in total. The van der Waals surface area contributed by atoms with Crippen LogP contribution in [0.15, 0.2) is 0 Å². The van der Waals surface area contributed by atoms with Gasteiger partial charge in [-0.1, -0.05) is 0 Å². The summed E-state index contributed by atoms with van der Waals surface area (Å²) in [7, 11) is 3.79. The predicted octanol–water partition coefficient (Wildman–Crippen LogP) is 0.869. The Bertz CT molecular complexity index is 213. The van der Waals surface area contributed by atoms with Crippen LogP contribution in [0.1, 0.15) is 26.2 Å². The molecule has 0 aliphatic carbocycles. The third-order valence-corrected chi connectivity index (χ3v) is 3.14. The summed E-state index contributed by atoms with van der Waals surface area (Å²) in [5.41, 5.74) is 0. The highest BCUT2D eigenvalue weighted by molar-refractivity contribution is 5.76. The molecular weight excluding hydrogens is 204 g/mol. The van der Waals surface area contributed by atoms with E-state index in [4.69, 9.17) is 4.74 Å². The highest BCUT2D eigenvalue weighted by Crippen LogP contribution is 2.19. The second-order valence-electron chi connectivity index (χ2n) is 4.87. The van der Waals surface area contributed by atoms with Gasteiger partial charge in [0, 0.05) is 19.6 Å². The first-order valence-corrected chi connectivity index (χ1v) is 6.08. The molecule has 0 unspecified atom stereocenters. The summed E-state index contributed by atoms with van der Waals surface area (Å²) in [5, 5.41) is 2.96. The first-order valence-electron chi connectivity index (χ1n) is 6.08. The van der Waals surface area contributed by atoms with Crippen molar-refractivity contribution >= 4 is 5.91 Å². The number of ether oxygens (including phenoxy) is 1. The van der Waals surface area contributed by atoms with Crippen molar-refractivity contribution in [3.63, 3.8) is 0 Å². The van der Waals surface area contributed by atoms with E-state index in [9.17, 15) is 4.79 Å². The molecule has 0 aromatic carbocycles. The summed E-state index contributed by atoms with van der Waals surface area (Å²) < 4.78 is 4.99. The lowest BCUT2D eigenvalue weighted by atomic mass is 9.93. The summed E-state index contributed by atoms with van der Waals surface area (Å²) in [4.78, 5) is 14.0. The van der Waals surface area contributed by atoms with Crippen LogP contribution in [0.3, 0.4) is 0 Å². The number of nitrogens with zero attached hydrogens (tertiary/aromatic N) is 1. The van der Waals surface area contributed by atoms with Crippen molar-refractivity contribution in [2.45, 2.75) is 32.2 Å². The second kappa shape index (κ2) is 6.86. The first kappa shape index (κ1) is 13.5. The fraction of sp³-hybridized carbons (Fsp3) is 0.917. The Kier molecular flexibility index (Phi) is 5.77. The molecule has 1 rings (SSSR count). The van der Waals surface area contributed by atoms with Crippen LogP contribution in [-0.4, -0.2) is 50.7 Å². The maximum atomic E-state index is 11.7. The average molecular weight is 228 g/mol. The Hall–Kier alpha value is -0.610. The SMILES string of the molecule is COC[C@H](C)NC(=O)CC1CCN(C)CC1. The number of likely N-dealkylation sites (tertiary alicyclic amines) is 1. The molecule has 1 amide bonds. The smallest absolute Gasteiger partial charge is 0.220 e. The number of amides is 1. The summed E-state index contributed by atoms with van der Waals surface area (Å²) in [5.74, 6) is 0.727. The van der Waals surface area contributed by atoms with Crippen molar-refractivity contribution in [2.75, 3.05) is 33.9 Å². The zero-order valence-electron chi connectivity index (χ0n) is 10.7. The molecule has 94 valence electrons. The Morgan fingerprint density at radius 2 is 2.12 bits per heavy atom. The van der Waals surface area contributed by atoms with Crippen LogP contribution in [0.25, 0.3) is 0 Å². The third kappa shape index (κ3) is 4.94. The van der Waals surface area contributed by atoms with Gasteiger partial charge in [0.15, 0.2) is 0 Å². The van der Waals surface area contributed by atoms with Gasteiger partial charge in [-0.2, -0.15) is 0 Å². The summed E-state index contributed by atoms with van der Waals surface area (Å²) >= 11 is 0. The Balaban J connectivity index is 2.18. The molecule has 1 fully saturated rings. The first-order chi connectivity index (χ1) is 7.61. The highest BCUT2D eigenvalue weighted by Gasteiger charge is 2.19. The Labute approximate surface area is 98.3 Å². The third-order valence-electron chi connectivity index (χ3n) is 3.14. The van der Waals surface area contributed by atoms with E-state index in [1.54, 1.807) is 7.11 Å². The lowest BCUT2D eigenvalue weighted by Crippen LogP contribution is -2.38. The van der Waals surface area contributed by atoms with E-state index in [0.717, 1.165) is 25.9 Å². The fourth-order valence-corrected chi connectivity index (χ4v) is 2.15. The van der Waals surface area contributed by atoms with Crippen molar-refractivity contribution in [3.8, 4) is 0 Å². The number of methoxy groups -OCH3 is 1. The molecule has 0 spiro atoms. The van der Waals surface area contributed by atoms with Crippen LogP contribution in [0.5, 0.6) is 0 Å². The fourth-order valence-electron chi connectivity index (χ4n) is 2.15. The Morgan fingerprint density at radius 3 is 2.69 bits per heavy atom. The molecule has 0 bridgehead atoms. The van der Waals surface area contributed by atoms with Gasteiger partial charge in [0.2, 0.25) is 5.91 Å². The maximum absolute atomic E-state index is 11.7. The molecule has 0 saturated carbocycles. The summed E-state index contributed by atoms with van der Waals surface area (Å²) in [6.45, 7) is 4.78. The largest absolute Gasteiger partial charge is 0.383 e. The number of piperidine rings is 1. The van der Waals surface area contributed by atoms with Gasteiger partial charge < -0.3 is 15.0 Å². The van der Waals surface area contributed by atoms with E-state index in [-0.39, 0.29) is 11.9 Å². The molecule has 0 aromatic heterocycles. The molecule has 16 heavy (non-hydrogen) atoms. The zero-order valence-corrected chi connectivity index (χ0v) is 10.7. The lowest BCUT2D eigenvalue weighted by Gasteiger charge is -2.28. The van der Waals surface area contributed by atoms with E-state index in [1.807, 2.05) is 6.92 Å². The predicted molar refractivity (Wildman–Crippen MR) is 64.3 cm³/mol. The number of nitrogens with one attached hydrogen (secondary N) is 1. The van der Waals surface area contributed by atoms with Crippen molar-refractivity contribution in [3.05, 3.63) is 0 Å². The van der Waals surface area contributed by atoms with E-state index < -0.39 is 0 Å². The monoisotopic (exact) mass is 228 g/mol. The summed E-state index contributed by atoms with van der Waals surface area (Å²) in [6.07, 6.45) is 2.95. The molecule has 4 heteroatoms. The zero-order chi connectivity index (χ0) is 12.0. The lowest BCUT2D eigenvalue weighted by molar-refractivity contribution is -0.123. The van der Waals surface area contributed by atoms with Crippen LogP contribution >= 0.6 is 0 Å². The molecule has 1 aliphatic heterocycles. The van der Waals surface area contributed by atoms with Crippen LogP contribution in [0.2, 0.25) is 0 Å². The minimum atomic E-state index is 0.115. The molecule has 1 heterocycles. The van der Waals surface area contributed by atoms with Crippen molar-refractivity contribution in [2.24, 2.45) is 5.92 Å². The number of carbonyl (C=O) groups excluding carboxylic acids is 1. The molecule has 0 aromatic rings. The van der Waals surface area contributed by atoms with Crippen LogP contribution in [0, 0.1) is 5.92 Å². The van der Waals surface area contributed by atoms with Gasteiger partial charge in [0.1, 0.15) is 0 Å². The number of hydrogen-bond donors (Lipinski definition) is 1. The van der Waals surface area contributed by atoms with Crippen LogP contribution in [0.4, 0.5) is 0 Å². The van der Waals surface area contributed by atoms with Crippen molar-refractivity contribution < 1.29 is 9.53 Å². The topological polar surface area (TPSA) is 41.6 Å². The number of hydrogen-bond acceptors (Lipinski definition) is 3. The standard InChI is InChI=1S/C12H24N2O2/c1-10(9-16-3)13-12(15)8-11-4-6-14(2)7-5-11/h10-11H,4-9H2,1-3H3,(H,13,15)/t10-/m0/s1. The van der Waals surface area contributed by atoms with Gasteiger partial charge in [0.25, 0.3) is 0 Å². The van der Waals surface area contributed by atoms with E-state index in [1.165, 1.54) is 0 Å². The molecular formula is C12H24N2O2. The van der Waals surface area contributed by atoms with Gasteiger partial charge in [-0.15, -0.1) is 0 Å². The van der Waals surface area contributed by atoms with Crippen molar-refractivity contribution in [1.82, 2.24) is 10.2 Å². The van der Waals surface area contributed by atoms with Gasteiger partial charge in [-0.05, 0) is 45.8 Å². The quantitative estimate of drug-likeness (QED) is 0.759. The van der Waals surface area contributed by atoms with Gasteiger partial charge in [-0.3, -0.25) is 4.79 Å². The van der Waals surface area contributed by atoms with Gasteiger partial charge in [0.05, 0.1) is 6.61 Å². The molecule has 1 atom stereocenters. The van der Waals surface area contributed by atoms with Crippen molar-refractivity contribution in [1.29, 1.82) is 0 Å². The minimum Gasteiger partial charge on any atom is -0.383 e. The molecule has 1 aliphatic rings. The highest BCUT2D eigenvalue weighted by atomic mass is 16.5. The molecule has 4 nitrogen and oxygen atoms in total. The number of rotatable bonds is 5. The number of carbonyl (C=O) groups is 1. The van der Waals surface area contributed by atoms with Gasteiger partial charge >= 0.3 is 0 Å². The summed E-state index contributed by atoms with van der Waals surface area (Å²) in [6, 6.07) is 0.115. The van der Waals surface area contributed by atoms with E-state index >= 15 is 0 Å². The normalized spacial score (nSPS) is 20.7. The minimum absolute atomic E-state index is 0.115. The van der Waals surface area contributed by atoms with Crippen LogP contribution in [-0.2, 0) is 9.53 Å². The Morgan fingerprint density at radius 1 is 1.50 bits per heavy atom. The molecule has 1 saturated heterocycles. The van der Waals surface area contributed by atoms with Crippen LogP contribution < -0.4 is 5.32 Å².